The average Bonchev–Trinajstić information content (AvgIpc) is 2.61. The highest BCUT2D eigenvalue weighted by molar-refractivity contribution is 14.0. The van der Waals surface area contributed by atoms with Crippen LogP contribution < -0.4 is 10.6 Å². The van der Waals surface area contributed by atoms with E-state index in [1.807, 2.05) is 20.8 Å². The van der Waals surface area contributed by atoms with Gasteiger partial charge < -0.3 is 10.6 Å². The Kier molecular flexibility index (Phi) is 10.6. The van der Waals surface area contributed by atoms with E-state index in [9.17, 15) is 12.8 Å². The number of aliphatic imine (C=N–C) groups is 1. The van der Waals surface area contributed by atoms with Crippen molar-refractivity contribution in [1.82, 2.24) is 15.5 Å². The molecular weight excluding hydrogens is 530 g/mol. The molecule has 1 aliphatic heterocycles. The van der Waals surface area contributed by atoms with Crippen LogP contribution in [0.3, 0.4) is 0 Å². The van der Waals surface area contributed by atoms with Crippen molar-refractivity contribution in [3.63, 3.8) is 0 Å². The highest BCUT2D eigenvalue weighted by Crippen LogP contribution is 2.30. The molecule has 0 atom stereocenters. The molecule has 1 aromatic carbocycles. The summed E-state index contributed by atoms with van der Waals surface area (Å²) in [5, 5.41) is 6.91. The second kappa shape index (κ2) is 11.7. The van der Waals surface area contributed by atoms with Gasteiger partial charge in [0.2, 0.25) is 0 Å². The molecular formula is C19H31ClFIN4O2S. The van der Waals surface area contributed by atoms with Crippen LogP contribution in [-0.4, -0.2) is 70.1 Å². The maximum absolute atomic E-state index is 13.3. The molecule has 29 heavy (non-hydrogen) atoms. The smallest absolute Gasteiger partial charge is 0.191 e. The summed E-state index contributed by atoms with van der Waals surface area (Å²) in [6, 6.07) is 4.44. The molecule has 1 heterocycles. The Hall–Kier alpha value is -0.650. The molecule has 1 aromatic rings. The Morgan fingerprint density at radius 1 is 1.28 bits per heavy atom. The number of hydrogen-bond donors (Lipinski definition) is 2. The van der Waals surface area contributed by atoms with Gasteiger partial charge in [-0.15, -0.1) is 24.0 Å². The van der Waals surface area contributed by atoms with Crippen LogP contribution in [0.4, 0.5) is 4.39 Å². The number of nitrogens with one attached hydrogen (secondary N) is 2. The molecule has 1 aliphatic rings. The molecule has 0 amide bonds. The number of hydrogen-bond acceptors (Lipinski definition) is 4. The van der Waals surface area contributed by atoms with Crippen LogP contribution in [0, 0.1) is 5.82 Å². The van der Waals surface area contributed by atoms with Gasteiger partial charge in [-0.1, -0.05) is 31.5 Å². The van der Waals surface area contributed by atoms with Crippen molar-refractivity contribution in [2.24, 2.45) is 4.99 Å². The number of sulfone groups is 1. The fourth-order valence-electron chi connectivity index (χ4n) is 3.05. The summed E-state index contributed by atoms with van der Waals surface area (Å²) in [5.41, 5.74) is 0.499. The average molecular weight is 561 g/mol. The standard InChI is InChI=1S/C19H30ClFN4O2S.HI/c1-4-22-18(23-7-8-25-9-11-28(26,27)12-10-25)24-14-19(2,3)16-6-5-15(21)13-17(16)20;/h5-6,13H,4,7-12,14H2,1-3H3,(H2,22,23,24);1H. The number of rotatable bonds is 7. The number of guanidine groups is 1. The van der Waals surface area contributed by atoms with Gasteiger partial charge >= 0.3 is 0 Å². The molecule has 2 N–H and O–H groups in total. The summed E-state index contributed by atoms with van der Waals surface area (Å²) in [6.07, 6.45) is 0. The van der Waals surface area contributed by atoms with Crippen molar-refractivity contribution in [3.8, 4) is 0 Å². The molecule has 10 heteroatoms. The molecule has 1 saturated heterocycles. The lowest BCUT2D eigenvalue weighted by Crippen LogP contribution is -2.46. The maximum Gasteiger partial charge on any atom is 0.191 e. The van der Waals surface area contributed by atoms with E-state index < -0.39 is 9.84 Å². The van der Waals surface area contributed by atoms with E-state index in [0.717, 1.165) is 18.7 Å². The first kappa shape index (κ1) is 26.4. The first-order chi connectivity index (χ1) is 13.1. The van der Waals surface area contributed by atoms with E-state index >= 15 is 0 Å². The van der Waals surface area contributed by atoms with Crippen molar-refractivity contribution in [2.75, 3.05) is 50.8 Å². The summed E-state index contributed by atoms with van der Waals surface area (Å²) >= 11 is 6.21. The zero-order valence-electron chi connectivity index (χ0n) is 17.2. The lowest BCUT2D eigenvalue weighted by molar-refractivity contribution is 0.299. The molecule has 0 aromatic heterocycles. The zero-order valence-corrected chi connectivity index (χ0v) is 21.1. The van der Waals surface area contributed by atoms with Crippen molar-refractivity contribution in [2.45, 2.75) is 26.2 Å². The molecule has 1 fully saturated rings. The fraction of sp³-hybridized carbons (Fsp3) is 0.632. The van der Waals surface area contributed by atoms with Gasteiger partial charge in [0.25, 0.3) is 0 Å². The fourth-order valence-corrected chi connectivity index (χ4v) is 4.75. The number of nitrogens with zero attached hydrogens (tertiary/aromatic N) is 2. The van der Waals surface area contributed by atoms with Crippen molar-refractivity contribution < 1.29 is 12.8 Å². The SMILES string of the molecule is CCNC(=NCC(C)(C)c1ccc(F)cc1Cl)NCCN1CCS(=O)(=O)CC1.I. The van der Waals surface area contributed by atoms with Crippen LogP contribution in [0.2, 0.25) is 5.02 Å². The van der Waals surface area contributed by atoms with E-state index in [4.69, 9.17) is 11.6 Å². The Morgan fingerprint density at radius 3 is 2.52 bits per heavy atom. The van der Waals surface area contributed by atoms with Gasteiger partial charge in [-0.2, -0.15) is 0 Å². The molecule has 2 rings (SSSR count). The second-order valence-electron chi connectivity index (χ2n) is 7.62. The third-order valence-electron chi connectivity index (χ3n) is 4.79. The quantitative estimate of drug-likeness (QED) is 0.305. The van der Waals surface area contributed by atoms with Crippen LogP contribution >= 0.6 is 35.6 Å². The largest absolute Gasteiger partial charge is 0.357 e. The van der Waals surface area contributed by atoms with Gasteiger partial charge in [0, 0.05) is 43.2 Å². The van der Waals surface area contributed by atoms with Gasteiger partial charge in [-0.3, -0.25) is 9.89 Å². The van der Waals surface area contributed by atoms with Crippen molar-refractivity contribution in [1.29, 1.82) is 0 Å². The first-order valence-electron chi connectivity index (χ1n) is 9.53. The third kappa shape index (κ3) is 8.55. The predicted octanol–water partition coefficient (Wildman–Crippen LogP) is 2.66. The van der Waals surface area contributed by atoms with Gasteiger partial charge in [-0.25, -0.2) is 12.8 Å². The lowest BCUT2D eigenvalue weighted by Gasteiger charge is -2.27. The van der Waals surface area contributed by atoms with Crippen LogP contribution in [0.25, 0.3) is 0 Å². The Balaban J connectivity index is 0.00000420. The lowest BCUT2D eigenvalue weighted by atomic mass is 9.84. The van der Waals surface area contributed by atoms with Crippen LogP contribution in [0.15, 0.2) is 23.2 Å². The van der Waals surface area contributed by atoms with Gasteiger partial charge in [-0.05, 0) is 24.6 Å². The zero-order chi connectivity index (χ0) is 20.8. The normalized spacial score (nSPS) is 17.5. The second-order valence-corrected chi connectivity index (χ2v) is 10.3. The predicted molar refractivity (Wildman–Crippen MR) is 129 cm³/mol. The van der Waals surface area contributed by atoms with Gasteiger partial charge in [0.1, 0.15) is 5.82 Å². The molecule has 0 bridgehead atoms. The summed E-state index contributed by atoms with van der Waals surface area (Å²) < 4.78 is 36.3. The summed E-state index contributed by atoms with van der Waals surface area (Å²) in [7, 11) is -2.86. The summed E-state index contributed by atoms with van der Waals surface area (Å²) in [4.78, 5) is 6.80. The molecule has 0 spiro atoms. The monoisotopic (exact) mass is 560 g/mol. The van der Waals surface area contributed by atoms with E-state index in [2.05, 4.69) is 20.5 Å². The van der Waals surface area contributed by atoms with Gasteiger partial charge in [0.15, 0.2) is 15.8 Å². The van der Waals surface area contributed by atoms with Crippen molar-refractivity contribution in [3.05, 3.63) is 34.6 Å². The topological polar surface area (TPSA) is 73.8 Å². The minimum atomic E-state index is -2.86. The van der Waals surface area contributed by atoms with Crippen LogP contribution in [0.1, 0.15) is 26.3 Å². The minimum Gasteiger partial charge on any atom is -0.357 e. The van der Waals surface area contributed by atoms with E-state index in [1.54, 1.807) is 6.07 Å². The Labute approximate surface area is 195 Å². The first-order valence-corrected chi connectivity index (χ1v) is 11.7. The number of halogens is 3. The van der Waals surface area contributed by atoms with E-state index in [-0.39, 0.29) is 46.7 Å². The van der Waals surface area contributed by atoms with Crippen LogP contribution in [0.5, 0.6) is 0 Å². The molecule has 0 aliphatic carbocycles. The third-order valence-corrected chi connectivity index (χ3v) is 6.72. The van der Waals surface area contributed by atoms with E-state index in [1.165, 1.54) is 12.1 Å². The van der Waals surface area contributed by atoms with Gasteiger partial charge in [0.05, 0.1) is 18.1 Å². The molecule has 0 saturated carbocycles. The molecule has 6 nitrogen and oxygen atoms in total. The summed E-state index contributed by atoms with van der Waals surface area (Å²) in [5.74, 6) is 0.800. The summed E-state index contributed by atoms with van der Waals surface area (Å²) in [6.45, 7) is 9.83. The highest BCUT2D eigenvalue weighted by atomic mass is 127. The maximum atomic E-state index is 13.3. The molecule has 0 radical (unpaired) electrons. The van der Waals surface area contributed by atoms with E-state index in [0.29, 0.717) is 37.2 Å². The highest BCUT2D eigenvalue weighted by Gasteiger charge is 2.24. The number of benzene rings is 1. The Morgan fingerprint density at radius 2 is 1.93 bits per heavy atom. The van der Waals surface area contributed by atoms with Crippen molar-refractivity contribution >= 4 is 51.4 Å². The molecule has 166 valence electrons. The molecule has 0 unspecified atom stereocenters. The minimum absolute atomic E-state index is 0. The Bertz CT molecular complexity index is 791. The van der Waals surface area contributed by atoms with Crippen LogP contribution in [-0.2, 0) is 15.3 Å².